The van der Waals surface area contributed by atoms with Crippen LogP contribution in [0.15, 0.2) is 48.5 Å². The Kier molecular flexibility index (Phi) is 7.19. The number of fused-ring (bicyclic) bond motifs is 1. The zero-order valence-electron chi connectivity index (χ0n) is 19.3. The van der Waals surface area contributed by atoms with Crippen molar-refractivity contribution in [3.05, 3.63) is 65.5 Å². The van der Waals surface area contributed by atoms with Gasteiger partial charge < -0.3 is 24.7 Å². The van der Waals surface area contributed by atoms with Crippen LogP contribution < -0.4 is 4.74 Å². The van der Waals surface area contributed by atoms with Gasteiger partial charge in [0.1, 0.15) is 11.6 Å². The fraction of sp³-hybridized carbons (Fsp3) is 0.462. The number of para-hydroxylation sites is 1. The van der Waals surface area contributed by atoms with Gasteiger partial charge in [0.25, 0.3) is 11.8 Å². The van der Waals surface area contributed by atoms with Crippen molar-refractivity contribution < 1.29 is 28.9 Å². The third-order valence-corrected chi connectivity index (χ3v) is 7.02. The number of halogens is 1. The number of carbonyl (C=O) groups is 2. The Morgan fingerprint density at radius 2 is 1.82 bits per heavy atom. The highest BCUT2D eigenvalue weighted by Gasteiger charge is 2.41. The monoisotopic (exact) mass is 470 g/mol. The molecule has 182 valence electrons. The number of rotatable bonds is 1. The Hall–Kier alpha value is -2.97. The van der Waals surface area contributed by atoms with E-state index >= 15 is 0 Å². The van der Waals surface area contributed by atoms with Crippen molar-refractivity contribution in [3.63, 3.8) is 0 Å². The summed E-state index contributed by atoms with van der Waals surface area (Å²) < 4.78 is 19.3. The van der Waals surface area contributed by atoms with Crippen molar-refractivity contribution in [2.45, 2.75) is 37.9 Å². The summed E-state index contributed by atoms with van der Waals surface area (Å²) in [4.78, 5) is 28.9. The normalized spacial score (nSPS) is 23.5. The van der Waals surface area contributed by atoms with E-state index in [9.17, 15) is 24.2 Å². The van der Waals surface area contributed by atoms with Gasteiger partial charge in [-0.1, -0.05) is 24.3 Å². The van der Waals surface area contributed by atoms with Crippen LogP contribution in [0.5, 0.6) is 5.75 Å². The zero-order chi connectivity index (χ0) is 24.3. The quantitative estimate of drug-likeness (QED) is 0.667. The van der Waals surface area contributed by atoms with Gasteiger partial charge in [0.15, 0.2) is 6.61 Å². The number of piperidine rings is 1. The van der Waals surface area contributed by atoms with Crippen LogP contribution in [0, 0.1) is 11.2 Å². The maximum atomic E-state index is 13.6. The first-order valence-electron chi connectivity index (χ1n) is 11.6. The lowest BCUT2D eigenvalue weighted by Gasteiger charge is -2.45. The molecule has 34 heavy (non-hydrogen) atoms. The molecule has 2 N–H and O–H groups in total. The summed E-state index contributed by atoms with van der Waals surface area (Å²) in [6.45, 7) is 1.09. The fourth-order valence-corrected chi connectivity index (χ4v) is 5.01. The van der Waals surface area contributed by atoms with E-state index in [0.29, 0.717) is 50.2 Å². The van der Waals surface area contributed by atoms with Crippen molar-refractivity contribution in [1.29, 1.82) is 0 Å². The number of likely N-dealkylation sites (N-methyl/N-ethyl adjacent to an activating group) is 1. The number of hydrogen-bond acceptors (Lipinski definition) is 5. The first-order valence-corrected chi connectivity index (χ1v) is 11.6. The lowest BCUT2D eigenvalue weighted by molar-refractivity contribution is -0.135. The first-order chi connectivity index (χ1) is 16.3. The van der Waals surface area contributed by atoms with Crippen molar-refractivity contribution in [3.8, 4) is 5.75 Å². The molecule has 0 aromatic heterocycles. The van der Waals surface area contributed by atoms with E-state index in [1.807, 2.05) is 12.1 Å². The van der Waals surface area contributed by atoms with Crippen LogP contribution in [0.1, 0.15) is 35.2 Å². The Bertz CT molecular complexity index is 1040. The van der Waals surface area contributed by atoms with E-state index in [1.54, 1.807) is 35.0 Å². The predicted octanol–water partition coefficient (Wildman–Crippen LogP) is 2.25. The van der Waals surface area contributed by atoms with Crippen LogP contribution >= 0.6 is 0 Å². The van der Waals surface area contributed by atoms with Gasteiger partial charge in [-0.15, -0.1) is 0 Å². The summed E-state index contributed by atoms with van der Waals surface area (Å²) in [5.74, 6) is -0.352. The lowest BCUT2D eigenvalue weighted by Crippen LogP contribution is -2.51. The molecule has 0 radical (unpaired) electrons. The molecule has 8 heteroatoms. The average molecular weight is 471 g/mol. The topological polar surface area (TPSA) is 90.3 Å². The van der Waals surface area contributed by atoms with Crippen LogP contribution in [0.2, 0.25) is 0 Å². The molecule has 2 atom stereocenters. The Morgan fingerprint density at radius 3 is 2.56 bits per heavy atom. The number of likely N-dealkylation sites (tertiary alicyclic amines) is 1. The molecule has 0 bridgehead atoms. The third-order valence-electron chi connectivity index (χ3n) is 7.02. The second-order valence-corrected chi connectivity index (χ2v) is 9.49. The molecule has 7 nitrogen and oxygen atoms in total. The summed E-state index contributed by atoms with van der Waals surface area (Å²) in [6, 6.07) is 12.8. The van der Waals surface area contributed by atoms with Crippen LogP contribution in [0.4, 0.5) is 4.39 Å². The fourth-order valence-electron chi connectivity index (χ4n) is 5.01. The minimum atomic E-state index is -0.999. The zero-order valence-corrected chi connectivity index (χ0v) is 19.3. The molecule has 4 rings (SSSR count). The molecule has 2 amide bonds. The Morgan fingerprint density at radius 1 is 1.09 bits per heavy atom. The second kappa shape index (κ2) is 10.1. The van der Waals surface area contributed by atoms with Gasteiger partial charge in [-0.2, -0.15) is 0 Å². The smallest absolute Gasteiger partial charge is 0.260 e. The number of amides is 2. The number of carbonyl (C=O) groups excluding carboxylic acids is 2. The standard InChI is InChI=1S/C26H31FN2O5/c1-28-17-26(9-11-29(12-10-26)25(33)19-6-4-7-20(27)13-19)15-22(31)21(30)14-18-5-2-3-8-23(18)34-16-24(28)32/h2-8,13,21-22,30-31H,9-12,14-17H2,1H3/t21-,22+/m0/s1. The summed E-state index contributed by atoms with van der Waals surface area (Å²) in [5, 5.41) is 21.7. The Labute approximate surface area is 198 Å². The highest BCUT2D eigenvalue weighted by atomic mass is 19.1. The number of aliphatic hydroxyl groups excluding tert-OH is 2. The molecular weight excluding hydrogens is 439 g/mol. The van der Waals surface area contributed by atoms with E-state index < -0.39 is 23.4 Å². The second-order valence-electron chi connectivity index (χ2n) is 9.49. The van der Waals surface area contributed by atoms with Crippen LogP contribution in [0.3, 0.4) is 0 Å². The molecular formula is C26H31FN2O5. The van der Waals surface area contributed by atoms with Crippen LogP contribution in [-0.2, 0) is 11.2 Å². The van der Waals surface area contributed by atoms with Crippen LogP contribution in [-0.4, -0.2) is 77.3 Å². The van der Waals surface area contributed by atoms with Gasteiger partial charge in [-0.05, 0) is 54.5 Å². The molecule has 0 unspecified atom stereocenters. The minimum absolute atomic E-state index is 0.119. The van der Waals surface area contributed by atoms with Gasteiger partial charge in [0.05, 0.1) is 12.2 Å². The maximum absolute atomic E-state index is 13.6. The van der Waals surface area contributed by atoms with Gasteiger partial charge in [-0.3, -0.25) is 9.59 Å². The molecule has 2 aromatic carbocycles. The first kappa shape index (κ1) is 24.2. The Balaban J connectivity index is 1.52. The molecule has 1 spiro atoms. The molecule has 2 aliphatic rings. The molecule has 0 saturated carbocycles. The van der Waals surface area contributed by atoms with Gasteiger partial charge in [-0.25, -0.2) is 4.39 Å². The van der Waals surface area contributed by atoms with Crippen molar-refractivity contribution >= 4 is 11.8 Å². The van der Waals surface area contributed by atoms with Gasteiger partial charge in [0, 0.05) is 38.7 Å². The molecule has 2 heterocycles. The van der Waals surface area contributed by atoms with Crippen LogP contribution in [0.25, 0.3) is 0 Å². The van der Waals surface area contributed by atoms with Gasteiger partial charge >= 0.3 is 0 Å². The third kappa shape index (κ3) is 5.39. The van der Waals surface area contributed by atoms with E-state index in [4.69, 9.17) is 4.74 Å². The lowest BCUT2D eigenvalue weighted by atomic mass is 9.72. The summed E-state index contributed by atoms with van der Waals surface area (Å²) in [6.07, 6.45) is -0.381. The molecule has 1 fully saturated rings. The van der Waals surface area contributed by atoms with Crippen molar-refractivity contribution in [2.75, 3.05) is 33.3 Å². The molecule has 0 aliphatic carbocycles. The number of ether oxygens (including phenoxy) is 1. The summed E-state index contributed by atoms with van der Waals surface area (Å²) >= 11 is 0. The van der Waals surface area contributed by atoms with E-state index in [-0.39, 0.29) is 24.8 Å². The molecule has 2 aromatic rings. The summed E-state index contributed by atoms with van der Waals surface area (Å²) in [5.41, 5.74) is 0.560. The maximum Gasteiger partial charge on any atom is 0.260 e. The number of nitrogens with zero attached hydrogens (tertiary/aromatic N) is 2. The average Bonchev–Trinajstić information content (AvgIpc) is 2.82. The SMILES string of the molecule is CN1CC2(CCN(C(=O)c3cccc(F)c3)CC2)C[C@@H](O)[C@@H](O)Cc2ccccc2OCC1=O. The summed E-state index contributed by atoms with van der Waals surface area (Å²) in [7, 11) is 1.71. The molecule has 2 aliphatic heterocycles. The van der Waals surface area contributed by atoms with Crippen molar-refractivity contribution in [1.82, 2.24) is 9.80 Å². The predicted molar refractivity (Wildman–Crippen MR) is 124 cm³/mol. The highest BCUT2D eigenvalue weighted by Crippen LogP contribution is 2.39. The highest BCUT2D eigenvalue weighted by molar-refractivity contribution is 5.94. The molecule has 1 saturated heterocycles. The number of hydrogen-bond donors (Lipinski definition) is 2. The largest absolute Gasteiger partial charge is 0.483 e. The van der Waals surface area contributed by atoms with E-state index in [0.717, 1.165) is 5.56 Å². The minimum Gasteiger partial charge on any atom is -0.483 e. The number of aliphatic hydroxyl groups is 2. The van der Waals surface area contributed by atoms with E-state index in [1.165, 1.54) is 18.2 Å². The van der Waals surface area contributed by atoms with E-state index in [2.05, 4.69) is 0 Å². The van der Waals surface area contributed by atoms with Crippen molar-refractivity contribution in [2.24, 2.45) is 5.41 Å². The van der Waals surface area contributed by atoms with Gasteiger partial charge in [0.2, 0.25) is 0 Å². The number of benzene rings is 2.